The van der Waals surface area contributed by atoms with Gasteiger partial charge in [0.2, 0.25) is 5.91 Å². The highest BCUT2D eigenvalue weighted by Crippen LogP contribution is 2.33. The van der Waals surface area contributed by atoms with Gasteiger partial charge in [-0.25, -0.2) is 8.42 Å². The number of rotatable bonds is 5. The van der Waals surface area contributed by atoms with Crippen molar-refractivity contribution in [3.8, 4) is 0 Å². The SMILES string of the molecule is Cc1sc(S(=O)(=O)N2CCCC2)cc1NC(=O)/C=C/c1ccccc1Cl. The molecule has 0 radical (unpaired) electrons. The Morgan fingerprint density at radius 2 is 1.96 bits per heavy atom. The normalized spacial score (nSPS) is 15.6. The zero-order valence-corrected chi connectivity index (χ0v) is 16.6. The Labute approximate surface area is 162 Å². The number of anilines is 1. The highest BCUT2D eigenvalue weighted by atomic mass is 35.5. The number of carbonyl (C=O) groups excluding carboxylic acids is 1. The van der Waals surface area contributed by atoms with E-state index >= 15 is 0 Å². The summed E-state index contributed by atoms with van der Waals surface area (Å²) in [4.78, 5) is 12.9. The van der Waals surface area contributed by atoms with Crippen LogP contribution in [0.3, 0.4) is 0 Å². The predicted molar refractivity (Wildman–Crippen MR) is 106 cm³/mol. The van der Waals surface area contributed by atoms with Crippen molar-refractivity contribution in [3.63, 3.8) is 0 Å². The van der Waals surface area contributed by atoms with Crippen molar-refractivity contribution < 1.29 is 13.2 Å². The van der Waals surface area contributed by atoms with Gasteiger partial charge in [0, 0.05) is 29.1 Å². The molecule has 0 spiro atoms. The van der Waals surface area contributed by atoms with Crippen molar-refractivity contribution in [2.75, 3.05) is 18.4 Å². The lowest BCUT2D eigenvalue weighted by molar-refractivity contribution is -0.111. The molecule has 0 saturated carbocycles. The molecule has 3 rings (SSSR count). The van der Waals surface area contributed by atoms with Gasteiger partial charge in [-0.05, 0) is 43.5 Å². The standard InChI is InChI=1S/C18H19ClN2O3S2/c1-13-16(12-18(25-13)26(23,24)21-10-4-5-11-21)20-17(22)9-8-14-6-2-3-7-15(14)19/h2-3,6-9,12H,4-5,10-11H2,1H3,(H,20,22)/b9-8+. The number of benzene rings is 1. The van der Waals surface area contributed by atoms with E-state index in [1.54, 1.807) is 19.1 Å². The quantitative estimate of drug-likeness (QED) is 0.753. The lowest BCUT2D eigenvalue weighted by Gasteiger charge is -2.13. The molecule has 138 valence electrons. The van der Waals surface area contributed by atoms with Crippen LogP contribution in [0.1, 0.15) is 23.3 Å². The Kier molecular flexibility index (Phi) is 5.82. The summed E-state index contributed by atoms with van der Waals surface area (Å²) in [6, 6.07) is 8.74. The second-order valence-corrected chi connectivity index (χ2v) is 9.82. The number of aryl methyl sites for hydroxylation is 1. The molecule has 2 heterocycles. The van der Waals surface area contributed by atoms with E-state index in [4.69, 9.17) is 11.6 Å². The van der Waals surface area contributed by atoms with E-state index in [2.05, 4.69) is 5.32 Å². The van der Waals surface area contributed by atoms with Crippen molar-refractivity contribution >= 4 is 50.6 Å². The molecule has 0 aliphatic carbocycles. The predicted octanol–water partition coefficient (Wildman–Crippen LogP) is 4.15. The number of nitrogens with one attached hydrogen (secondary N) is 1. The van der Waals surface area contributed by atoms with Crippen LogP contribution >= 0.6 is 22.9 Å². The van der Waals surface area contributed by atoms with Gasteiger partial charge in [0.05, 0.1) is 5.69 Å². The first-order chi connectivity index (χ1) is 12.4. The molecule has 1 N–H and O–H groups in total. The molecule has 1 aliphatic rings. The molecule has 8 heteroatoms. The fraction of sp³-hybridized carbons (Fsp3) is 0.278. The van der Waals surface area contributed by atoms with Crippen molar-refractivity contribution in [1.29, 1.82) is 0 Å². The Morgan fingerprint density at radius 1 is 1.27 bits per heavy atom. The van der Waals surface area contributed by atoms with Crippen LogP contribution in [0.15, 0.2) is 40.6 Å². The molecule has 0 unspecified atom stereocenters. The molecule has 1 saturated heterocycles. The van der Waals surface area contributed by atoms with Crippen LogP contribution in [-0.4, -0.2) is 31.7 Å². The highest BCUT2D eigenvalue weighted by Gasteiger charge is 2.29. The lowest BCUT2D eigenvalue weighted by atomic mass is 10.2. The Morgan fingerprint density at radius 3 is 2.65 bits per heavy atom. The highest BCUT2D eigenvalue weighted by molar-refractivity contribution is 7.91. The molecule has 26 heavy (non-hydrogen) atoms. The molecule has 0 bridgehead atoms. The first-order valence-electron chi connectivity index (χ1n) is 8.22. The molecule has 1 aromatic heterocycles. The van der Waals surface area contributed by atoms with E-state index in [1.807, 2.05) is 18.2 Å². The van der Waals surface area contributed by atoms with Crippen LogP contribution in [0, 0.1) is 6.92 Å². The summed E-state index contributed by atoms with van der Waals surface area (Å²) in [5, 5.41) is 3.30. The number of amides is 1. The zero-order chi connectivity index (χ0) is 18.7. The van der Waals surface area contributed by atoms with Gasteiger partial charge in [-0.2, -0.15) is 4.31 Å². The summed E-state index contributed by atoms with van der Waals surface area (Å²) in [6.45, 7) is 2.91. The monoisotopic (exact) mass is 410 g/mol. The Bertz CT molecular complexity index is 945. The maximum absolute atomic E-state index is 12.6. The molecule has 5 nitrogen and oxygen atoms in total. The number of thiophene rings is 1. The van der Waals surface area contributed by atoms with E-state index in [-0.39, 0.29) is 10.1 Å². The third-order valence-electron chi connectivity index (χ3n) is 4.13. The van der Waals surface area contributed by atoms with Gasteiger partial charge in [-0.15, -0.1) is 11.3 Å². The van der Waals surface area contributed by atoms with Gasteiger partial charge in [-0.1, -0.05) is 29.8 Å². The fourth-order valence-electron chi connectivity index (χ4n) is 2.71. The molecular weight excluding hydrogens is 392 g/mol. The minimum atomic E-state index is -3.47. The number of nitrogens with zero attached hydrogens (tertiary/aromatic N) is 1. The first kappa shape index (κ1) is 19.1. The van der Waals surface area contributed by atoms with Crippen molar-refractivity contribution in [3.05, 3.63) is 51.9 Å². The van der Waals surface area contributed by atoms with Crippen LogP contribution in [0.4, 0.5) is 5.69 Å². The molecule has 1 aliphatic heterocycles. The molecular formula is C18H19ClN2O3S2. The minimum Gasteiger partial charge on any atom is -0.321 e. The van der Waals surface area contributed by atoms with Crippen LogP contribution < -0.4 is 5.32 Å². The van der Waals surface area contributed by atoms with Gasteiger partial charge >= 0.3 is 0 Å². The summed E-state index contributed by atoms with van der Waals surface area (Å²) in [5.41, 5.74) is 1.25. The zero-order valence-electron chi connectivity index (χ0n) is 14.2. The van der Waals surface area contributed by atoms with Crippen molar-refractivity contribution in [2.24, 2.45) is 0 Å². The second-order valence-electron chi connectivity index (χ2n) is 5.99. The lowest BCUT2D eigenvalue weighted by Crippen LogP contribution is -2.27. The van der Waals surface area contributed by atoms with Crippen LogP contribution in [-0.2, 0) is 14.8 Å². The maximum Gasteiger partial charge on any atom is 0.252 e. The van der Waals surface area contributed by atoms with Gasteiger partial charge in [0.1, 0.15) is 4.21 Å². The fourth-order valence-corrected chi connectivity index (χ4v) is 5.98. The van der Waals surface area contributed by atoms with E-state index in [1.165, 1.54) is 27.8 Å². The number of halogens is 1. The van der Waals surface area contributed by atoms with Gasteiger partial charge in [0.25, 0.3) is 10.0 Å². The van der Waals surface area contributed by atoms with Crippen LogP contribution in [0.25, 0.3) is 6.08 Å². The number of carbonyl (C=O) groups is 1. The summed E-state index contributed by atoms with van der Waals surface area (Å²) < 4.78 is 27.0. The van der Waals surface area contributed by atoms with Crippen LogP contribution in [0.2, 0.25) is 5.02 Å². The number of sulfonamides is 1. The smallest absolute Gasteiger partial charge is 0.252 e. The largest absolute Gasteiger partial charge is 0.321 e. The van der Waals surface area contributed by atoms with E-state index in [9.17, 15) is 13.2 Å². The summed E-state index contributed by atoms with van der Waals surface area (Å²) in [5.74, 6) is -0.337. The molecule has 1 fully saturated rings. The van der Waals surface area contributed by atoms with E-state index in [0.29, 0.717) is 23.8 Å². The van der Waals surface area contributed by atoms with Gasteiger partial charge < -0.3 is 5.32 Å². The van der Waals surface area contributed by atoms with Gasteiger partial charge in [-0.3, -0.25) is 4.79 Å². The molecule has 0 atom stereocenters. The van der Waals surface area contributed by atoms with Crippen molar-refractivity contribution in [2.45, 2.75) is 24.0 Å². The second kappa shape index (κ2) is 7.92. The van der Waals surface area contributed by atoms with E-state index < -0.39 is 10.0 Å². The number of hydrogen-bond acceptors (Lipinski definition) is 4. The van der Waals surface area contributed by atoms with E-state index in [0.717, 1.165) is 23.3 Å². The summed E-state index contributed by atoms with van der Waals surface area (Å²) in [6.07, 6.45) is 4.79. The summed E-state index contributed by atoms with van der Waals surface area (Å²) >= 11 is 7.23. The third-order valence-corrected chi connectivity index (χ3v) is 7.87. The minimum absolute atomic E-state index is 0.266. The molecule has 1 aromatic carbocycles. The Balaban J connectivity index is 1.73. The average molecular weight is 411 g/mol. The topological polar surface area (TPSA) is 66.5 Å². The average Bonchev–Trinajstić information content (AvgIpc) is 3.25. The maximum atomic E-state index is 12.6. The molecule has 2 aromatic rings. The van der Waals surface area contributed by atoms with Gasteiger partial charge in [0.15, 0.2) is 0 Å². The Hall–Kier alpha value is -1.67. The first-order valence-corrected chi connectivity index (χ1v) is 10.9. The van der Waals surface area contributed by atoms with Crippen molar-refractivity contribution in [1.82, 2.24) is 4.31 Å². The number of hydrogen-bond donors (Lipinski definition) is 1. The van der Waals surface area contributed by atoms with Crippen LogP contribution in [0.5, 0.6) is 0 Å². The molecule has 1 amide bonds. The third kappa shape index (κ3) is 4.17. The summed E-state index contributed by atoms with van der Waals surface area (Å²) in [7, 11) is -3.47.